The molecule has 1 fully saturated rings. The van der Waals surface area contributed by atoms with E-state index in [2.05, 4.69) is 16.7 Å². The quantitative estimate of drug-likeness (QED) is 0.584. The molecule has 1 aliphatic rings. The largest absolute Gasteiger partial charge is 0.493 e. The van der Waals surface area contributed by atoms with Crippen LogP contribution in [0.1, 0.15) is 35.9 Å². The van der Waals surface area contributed by atoms with Gasteiger partial charge in [-0.15, -0.1) is 0 Å². The van der Waals surface area contributed by atoms with Crippen LogP contribution in [0.2, 0.25) is 0 Å². The summed E-state index contributed by atoms with van der Waals surface area (Å²) in [5, 5.41) is 4.12. The SMILES string of the molecule is C=Cc1ccc(CN2C(=O)CCC2c2nc(-c3ccc(OC)c(OC)c3)no2)cc1. The first-order chi connectivity index (χ1) is 14.6. The number of amides is 1. The standard InChI is InChI=1S/C23H23N3O4/c1-4-15-5-7-16(8-6-15)14-26-18(10-12-21(26)27)23-24-22(25-30-23)17-9-11-19(28-2)20(13-17)29-3/h4-9,11,13,18H,1,10,12,14H2,2-3H3. The predicted molar refractivity (Wildman–Crippen MR) is 112 cm³/mol. The number of methoxy groups -OCH3 is 2. The van der Waals surface area contributed by atoms with Gasteiger partial charge in [0, 0.05) is 18.5 Å². The van der Waals surface area contributed by atoms with Crippen molar-refractivity contribution < 1.29 is 18.8 Å². The van der Waals surface area contributed by atoms with Gasteiger partial charge >= 0.3 is 0 Å². The number of aromatic nitrogens is 2. The molecule has 154 valence electrons. The molecule has 0 N–H and O–H groups in total. The Kier molecular flexibility index (Phi) is 5.52. The number of hydrogen-bond donors (Lipinski definition) is 0. The molecular formula is C23H23N3O4. The maximum absolute atomic E-state index is 12.5. The summed E-state index contributed by atoms with van der Waals surface area (Å²) in [6.45, 7) is 4.26. The Morgan fingerprint density at radius 2 is 1.93 bits per heavy atom. The van der Waals surface area contributed by atoms with Crippen LogP contribution in [0.3, 0.4) is 0 Å². The Balaban J connectivity index is 1.56. The number of rotatable bonds is 7. The average Bonchev–Trinajstić information content (AvgIpc) is 3.41. The predicted octanol–water partition coefficient (Wildman–Crippen LogP) is 4.26. The molecule has 1 aromatic heterocycles. The van der Waals surface area contributed by atoms with E-state index in [1.165, 1.54) is 0 Å². The maximum atomic E-state index is 12.5. The second-order valence-electron chi connectivity index (χ2n) is 7.05. The van der Waals surface area contributed by atoms with Crippen LogP contribution in [0.25, 0.3) is 17.5 Å². The van der Waals surface area contributed by atoms with Gasteiger partial charge < -0.3 is 18.9 Å². The van der Waals surface area contributed by atoms with Gasteiger partial charge in [0.15, 0.2) is 11.5 Å². The van der Waals surface area contributed by atoms with E-state index in [1.54, 1.807) is 37.3 Å². The van der Waals surface area contributed by atoms with Crippen molar-refractivity contribution in [3.05, 3.63) is 66.1 Å². The van der Waals surface area contributed by atoms with E-state index >= 15 is 0 Å². The third-order valence-electron chi connectivity index (χ3n) is 5.27. The molecule has 0 aliphatic carbocycles. The van der Waals surface area contributed by atoms with E-state index in [-0.39, 0.29) is 11.9 Å². The fraction of sp³-hybridized carbons (Fsp3) is 0.261. The summed E-state index contributed by atoms with van der Waals surface area (Å²) < 4.78 is 16.2. The minimum Gasteiger partial charge on any atom is -0.493 e. The van der Waals surface area contributed by atoms with Crippen molar-refractivity contribution in [2.45, 2.75) is 25.4 Å². The fourth-order valence-electron chi connectivity index (χ4n) is 3.61. The van der Waals surface area contributed by atoms with Gasteiger partial charge in [0.2, 0.25) is 17.6 Å². The fourth-order valence-corrected chi connectivity index (χ4v) is 3.61. The van der Waals surface area contributed by atoms with Crippen LogP contribution in [-0.4, -0.2) is 35.2 Å². The van der Waals surface area contributed by atoms with Crippen LogP contribution in [-0.2, 0) is 11.3 Å². The average molecular weight is 405 g/mol. The molecule has 30 heavy (non-hydrogen) atoms. The number of hydrogen-bond acceptors (Lipinski definition) is 6. The molecule has 2 heterocycles. The molecule has 7 nitrogen and oxygen atoms in total. The maximum Gasteiger partial charge on any atom is 0.249 e. The minimum atomic E-state index is -0.238. The third-order valence-corrected chi connectivity index (χ3v) is 5.27. The summed E-state index contributed by atoms with van der Waals surface area (Å²) in [6.07, 6.45) is 2.91. The summed E-state index contributed by atoms with van der Waals surface area (Å²) >= 11 is 0. The Bertz CT molecular complexity index is 1060. The summed E-state index contributed by atoms with van der Waals surface area (Å²) in [5.41, 5.74) is 2.83. The molecule has 1 atom stereocenters. The zero-order valence-electron chi connectivity index (χ0n) is 17.0. The molecule has 1 aliphatic heterocycles. The Labute approximate surface area is 174 Å². The topological polar surface area (TPSA) is 77.7 Å². The Morgan fingerprint density at radius 3 is 2.63 bits per heavy atom. The van der Waals surface area contributed by atoms with Gasteiger partial charge in [0.05, 0.1) is 14.2 Å². The third kappa shape index (κ3) is 3.78. The highest BCUT2D eigenvalue weighted by Crippen LogP contribution is 2.35. The van der Waals surface area contributed by atoms with Crippen molar-refractivity contribution in [2.24, 2.45) is 0 Å². The number of carbonyl (C=O) groups excluding carboxylic acids is 1. The van der Waals surface area contributed by atoms with Crippen LogP contribution in [0.4, 0.5) is 0 Å². The number of likely N-dealkylation sites (tertiary alicyclic amines) is 1. The highest BCUT2D eigenvalue weighted by molar-refractivity contribution is 5.79. The van der Waals surface area contributed by atoms with Gasteiger partial charge in [0.25, 0.3) is 0 Å². The van der Waals surface area contributed by atoms with Gasteiger partial charge in [-0.3, -0.25) is 4.79 Å². The van der Waals surface area contributed by atoms with E-state index in [1.807, 2.05) is 30.3 Å². The van der Waals surface area contributed by atoms with Gasteiger partial charge in [-0.25, -0.2) is 0 Å². The second-order valence-corrected chi connectivity index (χ2v) is 7.05. The molecule has 4 rings (SSSR count). The second kappa shape index (κ2) is 8.41. The molecule has 0 bridgehead atoms. The molecule has 0 spiro atoms. The summed E-state index contributed by atoms with van der Waals surface area (Å²) in [7, 11) is 3.16. The number of benzene rings is 2. The first-order valence-corrected chi connectivity index (χ1v) is 9.69. The van der Waals surface area contributed by atoms with E-state index in [0.717, 1.165) is 16.7 Å². The van der Waals surface area contributed by atoms with Gasteiger partial charge in [-0.2, -0.15) is 4.98 Å². The monoisotopic (exact) mass is 405 g/mol. The molecule has 1 unspecified atom stereocenters. The lowest BCUT2D eigenvalue weighted by atomic mass is 10.1. The van der Waals surface area contributed by atoms with Gasteiger partial charge in [-0.05, 0) is 35.7 Å². The van der Waals surface area contributed by atoms with Crippen LogP contribution in [0.5, 0.6) is 11.5 Å². The number of carbonyl (C=O) groups is 1. The van der Waals surface area contributed by atoms with Crippen molar-refractivity contribution in [3.8, 4) is 22.9 Å². The van der Waals surface area contributed by atoms with Crippen molar-refractivity contribution in [1.29, 1.82) is 0 Å². The highest BCUT2D eigenvalue weighted by Gasteiger charge is 2.36. The highest BCUT2D eigenvalue weighted by atomic mass is 16.5. The van der Waals surface area contributed by atoms with Gasteiger partial charge in [0.1, 0.15) is 6.04 Å². The molecule has 1 saturated heterocycles. The molecule has 2 aromatic carbocycles. The summed E-state index contributed by atoms with van der Waals surface area (Å²) in [4.78, 5) is 18.9. The zero-order chi connectivity index (χ0) is 21.1. The van der Waals surface area contributed by atoms with Gasteiger partial charge in [-0.1, -0.05) is 42.1 Å². The van der Waals surface area contributed by atoms with E-state index in [0.29, 0.717) is 42.6 Å². The van der Waals surface area contributed by atoms with Crippen LogP contribution < -0.4 is 9.47 Å². The van der Waals surface area contributed by atoms with Crippen LogP contribution in [0, 0.1) is 0 Å². The normalized spacial score (nSPS) is 16.0. The van der Waals surface area contributed by atoms with Crippen molar-refractivity contribution in [3.63, 3.8) is 0 Å². The Morgan fingerprint density at radius 1 is 1.17 bits per heavy atom. The zero-order valence-corrected chi connectivity index (χ0v) is 17.0. The number of nitrogens with zero attached hydrogens (tertiary/aromatic N) is 3. The van der Waals surface area contributed by atoms with Crippen molar-refractivity contribution in [1.82, 2.24) is 15.0 Å². The molecule has 1 amide bonds. The summed E-state index contributed by atoms with van der Waals surface area (Å²) in [6, 6.07) is 13.2. The van der Waals surface area contributed by atoms with Crippen LogP contribution in [0.15, 0.2) is 53.6 Å². The number of ether oxygens (including phenoxy) is 2. The Hall–Kier alpha value is -3.61. The first kappa shape index (κ1) is 19.7. The lowest BCUT2D eigenvalue weighted by molar-refractivity contribution is -0.129. The lowest BCUT2D eigenvalue weighted by Gasteiger charge is -2.22. The van der Waals surface area contributed by atoms with Crippen molar-refractivity contribution in [2.75, 3.05) is 14.2 Å². The molecule has 7 heteroatoms. The minimum absolute atomic E-state index is 0.0821. The molecule has 0 radical (unpaired) electrons. The molecule has 3 aromatic rings. The summed E-state index contributed by atoms with van der Waals surface area (Å²) in [5.74, 6) is 2.18. The molecule has 0 saturated carbocycles. The van der Waals surface area contributed by atoms with E-state index in [4.69, 9.17) is 14.0 Å². The van der Waals surface area contributed by atoms with E-state index < -0.39 is 0 Å². The molecular weight excluding hydrogens is 382 g/mol. The smallest absolute Gasteiger partial charge is 0.249 e. The first-order valence-electron chi connectivity index (χ1n) is 9.69. The van der Waals surface area contributed by atoms with Crippen molar-refractivity contribution >= 4 is 12.0 Å². The lowest BCUT2D eigenvalue weighted by Crippen LogP contribution is -2.27. The van der Waals surface area contributed by atoms with Crippen LogP contribution >= 0.6 is 0 Å². The van der Waals surface area contributed by atoms with E-state index in [9.17, 15) is 4.79 Å².